The largest absolute Gasteiger partial charge is 0.508 e. The quantitative estimate of drug-likeness (QED) is 0.682. The number of phenols is 1. The van der Waals surface area contributed by atoms with Crippen LogP contribution in [0.1, 0.15) is 29.9 Å². The van der Waals surface area contributed by atoms with E-state index in [9.17, 15) is 13.5 Å². The molecule has 1 unspecified atom stereocenters. The van der Waals surface area contributed by atoms with Gasteiger partial charge in [-0.15, -0.1) is 0 Å². The van der Waals surface area contributed by atoms with Gasteiger partial charge >= 0.3 is 0 Å². The zero-order valence-corrected chi connectivity index (χ0v) is 13.0. The lowest BCUT2D eigenvalue weighted by molar-refractivity contribution is 0.475. The molecule has 0 aromatic heterocycles. The molecule has 0 heterocycles. The molecule has 0 aliphatic carbocycles. The van der Waals surface area contributed by atoms with Crippen LogP contribution in [-0.2, 0) is 10.2 Å². The molecule has 2 aromatic carbocycles. The number of rotatable bonds is 7. The van der Waals surface area contributed by atoms with Gasteiger partial charge in [0.15, 0.2) is 0 Å². The minimum atomic E-state index is -3.64. The molecule has 2 rings (SSSR count). The molecule has 22 heavy (non-hydrogen) atoms. The van der Waals surface area contributed by atoms with Crippen molar-refractivity contribution in [3.8, 4) is 5.75 Å². The maximum Gasteiger partial charge on any atom is 0.274 e. The molecule has 0 aliphatic rings. The summed E-state index contributed by atoms with van der Waals surface area (Å²) in [7, 11) is -3.64. The Kier molecular flexibility index (Phi) is 5.54. The van der Waals surface area contributed by atoms with Gasteiger partial charge < -0.3 is 5.11 Å². The fourth-order valence-corrected chi connectivity index (χ4v) is 2.87. The summed E-state index contributed by atoms with van der Waals surface area (Å²) >= 11 is 0. The zero-order valence-electron chi connectivity index (χ0n) is 12.1. The molecule has 5 nitrogen and oxygen atoms in total. The number of benzene rings is 2. The van der Waals surface area contributed by atoms with Gasteiger partial charge in [0.25, 0.3) is 10.2 Å². The Bertz CT molecular complexity index is 685. The molecule has 0 aliphatic heterocycles. The topological polar surface area (TPSA) is 92.4 Å². The van der Waals surface area contributed by atoms with Gasteiger partial charge in [-0.3, -0.25) is 0 Å². The third-order valence-corrected chi connectivity index (χ3v) is 4.08. The standard InChI is InChI=1S/C16H20N2O3S/c17-22(20,21)18-12-4-7-16(13-5-2-1-3-6-13)14-8-10-15(19)11-9-14/h1-3,5-6,8-11,16,18-19H,4,7,12H2,(H2,17,20,21). The summed E-state index contributed by atoms with van der Waals surface area (Å²) in [5, 5.41) is 14.3. The number of phenolic OH excluding ortho intramolecular Hbond substituents is 1. The molecular weight excluding hydrogens is 300 g/mol. The van der Waals surface area contributed by atoms with Crippen LogP contribution in [-0.4, -0.2) is 20.1 Å². The monoisotopic (exact) mass is 320 g/mol. The highest BCUT2D eigenvalue weighted by atomic mass is 32.2. The van der Waals surface area contributed by atoms with E-state index in [4.69, 9.17) is 5.14 Å². The van der Waals surface area contributed by atoms with Crippen LogP contribution >= 0.6 is 0 Å². The molecular formula is C16H20N2O3S. The van der Waals surface area contributed by atoms with Gasteiger partial charge in [0.2, 0.25) is 0 Å². The molecule has 2 aromatic rings. The molecule has 0 amide bonds. The van der Waals surface area contributed by atoms with E-state index in [2.05, 4.69) is 4.72 Å². The van der Waals surface area contributed by atoms with E-state index in [1.54, 1.807) is 12.1 Å². The molecule has 0 spiro atoms. The van der Waals surface area contributed by atoms with Crippen LogP contribution in [0.15, 0.2) is 54.6 Å². The van der Waals surface area contributed by atoms with Gasteiger partial charge in [-0.2, -0.15) is 8.42 Å². The first-order valence-corrected chi connectivity index (χ1v) is 8.61. The summed E-state index contributed by atoms with van der Waals surface area (Å²) < 4.78 is 24.1. The van der Waals surface area contributed by atoms with Gasteiger partial charge in [0, 0.05) is 12.5 Å². The zero-order chi connectivity index (χ0) is 16.0. The van der Waals surface area contributed by atoms with E-state index < -0.39 is 10.2 Å². The second-order valence-electron chi connectivity index (χ2n) is 5.14. The van der Waals surface area contributed by atoms with Crippen molar-refractivity contribution in [1.82, 2.24) is 4.72 Å². The highest BCUT2D eigenvalue weighted by Gasteiger charge is 2.14. The fraction of sp³-hybridized carbons (Fsp3) is 0.250. The molecule has 0 radical (unpaired) electrons. The van der Waals surface area contributed by atoms with E-state index in [0.717, 1.165) is 17.5 Å². The summed E-state index contributed by atoms with van der Waals surface area (Å²) in [5.74, 6) is 0.371. The van der Waals surface area contributed by atoms with Crippen molar-refractivity contribution >= 4 is 10.2 Å². The molecule has 0 saturated heterocycles. The van der Waals surface area contributed by atoms with Crippen molar-refractivity contribution in [2.75, 3.05) is 6.54 Å². The molecule has 6 heteroatoms. The lowest BCUT2D eigenvalue weighted by atomic mass is 9.87. The summed E-state index contributed by atoms with van der Waals surface area (Å²) in [6, 6.07) is 17.1. The Labute approximate surface area is 131 Å². The summed E-state index contributed by atoms with van der Waals surface area (Å²) in [4.78, 5) is 0. The Morgan fingerprint density at radius 2 is 1.59 bits per heavy atom. The van der Waals surface area contributed by atoms with E-state index in [1.165, 1.54) is 0 Å². The molecule has 1 atom stereocenters. The second-order valence-corrected chi connectivity index (χ2v) is 6.52. The lowest BCUT2D eigenvalue weighted by Gasteiger charge is -2.18. The first-order chi connectivity index (χ1) is 10.5. The van der Waals surface area contributed by atoms with Crippen LogP contribution in [0.25, 0.3) is 0 Å². The van der Waals surface area contributed by atoms with E-state index >= 15 is 0 Å². The highest BCUT2D eigenvalue weighted by Crippen LogP contribution is 2.30. The average molecular weight is 320 g/mol. The summed E-state index contributed by atoms with van der Waals surface area (Å²) in [5.41, 5.74) is 2.24. The van der Waals surface area contributed by atoms with Crippen LogP contribution in [0.5, 0.6) is 5.75 Å². The van der Waals surface area contributed by atoms with Gasteiger partial charge in [-0.05, 0) is 36.1 Å². The van der Waals surface area contributed by atoms with Gasteiger partial charge in [-0.1, -0.05) is 42.5 Å². The van der Waals surface area contributed by atoms with Gasteiger partial charge in [0.05, 0.1) is 0 Å². The minimum Gasteiger partial charge on any atom is -0.508 e. The maximum atomic E-state index is 10.9. The highest BCUT2D eigenvalue weighted by molar-refractivity contribution is 7.87. The van der Waals surface area contributed by atoms with Crippen molar-refractivity contribution < 1.29 is 13.5 Å². The van der Waals surface area contributed by atoms with Crippen LogP contribution in [0.2, 0.25) is 0 Å². The predicted molar refractivity (Wildman–Crippen MR) is 86.7 cm³/mol. The molecule has 0 saturated carbocycles. The fourth-order valence-electron chi connectivity index (χ4n) is 2.44. The third-order valence-electron chi connectivity index (χ3n) is 3.47. The Morgan fingerprint density at radius 3 is 2.18 bits per heavy atom. The average Bonchev–Trinajstić information content (AvgIpc) is 2.48. The smallest absolute Gasteiger partial charge is 0.274 e. The maximum absolute atomic E-state index is 10.9. The molecule has 118 valence electrons. The first kappa shape index (κ1) is 16.5. The second kappa shape index (κ2) is 7.40. The summed E-state index contributed by atoms with van der Waals surface area (Å²) in [6.45, 7) is 0.306. The van der Waals surface area contributed by atoms with Crippen molar-refractivity contribution in [2.45, 2.75) is 18.8 Å². The SMILES string of the molecule is NS(=O)(=O)NCCCC(c1ccccc1)c1ccc(O)cc1. The Morgan fingerprint density at radius 1 is 1.00 bits per heavy atom. The molecule has 4 N–H and O–H groups in total. The number of hydrogen-bond acceptors (Lipinski definition) is 3. The minimum absolute atomic E-state index is 0.143. The number of aromatic hydroxyl groups is 1. The molecule has 0 bridgehead atoms. The summed E-state index contributed by atoms with van der Waals surface area (Å²) in [6.07, 6.45) is 1.44. The van der Waals surface area contributed by atoms with E-state index in [-0.39, 0.29) is 11.7 Å². The van der Waals surface area contributed by atoms with Crippen molar-refractivity contribution in [3.05, 3.63) is 65.7 Å². The van der Waals surface area contributed by atoms with E-state index in [1.807, 2.05) is 42.5 Å². The van der Waals surface area contributed by atoms with Gasteiger partial charge in [-0.25, -0.2) is 9.86 Å². The number of hydrogen-bond donors (Lipinski definition) is 3. The van der Waals surface area contributed by atoms with Crippen molar-refractivity contribution in [3.63, 3.8) is 0 Å². The van der Waals surface area contributed by atoms with Crippen LogP contribution < -0.4 is 9.86 Å². The van der Waals surface area contributed by atoms with Crippen molar-refractivity contribution in [2.24, 2.45) is 5.14 Å². The predicted octanol–water partition coefficient (Wildman–Crippen LogP) is 2.10. The van der Waals surface area contributed by atoms with Crippen LogP contribution in [0, 0.1) is 0 Å². The molecule has 0 fully saturated rings. The Balaban J connectivity index is 2.11. The first-order valence-electron chi connectivity index (χ1n) is 7.07. The Hall–Kier alpha value is -1.89. The van der Waals surface area contributed by atoms with Gasteiger partial charge in [0.1, 0.15) is 5.75 Å². The van der Waals surface area contributed by atoms with Crippen LogP contribution in [0.3, 0.4) is 0 Å². The third kappa shape index (κ3) is 5.14. The lowest BCUT2D eigenvalue weighted by Crippen LogP contribution is -2.31. The number of nitrogens with one attached hydrogen (secondary N) is 1. The number of nitrogens with two attached hydrogens (primary N) is 1. The van der Waals surface area contributed by atoms with E-state index in [0.29, 0.717) is 13.0 Å². The van der Waals surface area contributed by atoms with Crippen molar-refractivity contribution in [1.29, 1.82) is 0 Å². The van der Waals surface area contributed by atoms with Crippen LogP contribution in [0.4, 0.5) is 0 Å². The normalized spacial score (nSPS) is 13.0.